The maximum atomic E-state index is 4.74. The van der Waals surface area contributed by atoms with E-state index in [4.69, 9.17) is 5.10 Å². The van der Waals surface area contributed by atoms with Gasteiger partial charge in [-0.25, -0.2) is 4.68 Å². The third kappa shape index (κ3) is 1.97. The molecule has 0 unspecified atom stereocenters. The molecule has 4 heteroatoms. The molecule has 19 heavy (non-hydrogen) atoms. The van der Waals surface area contributed by atoms with Crippen molar-refractivity contribution < 1.29 is 0 Å². The summed E-state index contributed by atoms with van der Waals surface area (Å²) < 4.78 is 2.07. The Morgan fingerprint density at radius 1 is 1.26 bits per heavy atom. The molecule has 1 aromatic carbocycles. The summed E-state index contributed by atoms with van der Waals surface area (Å²) in [7, 11) is 4.12. The van der Waals surface area contributed by atoms with Crippen molar-refractivity contribution in [1.82, 2.24) is 9.78 Å². The molecule has 0 spiro atoms. The molecule has 0 saturated heterocycles. The zero-order valence-electron chi connectivity index (χ0n) is 11.8. The minimum Gasteiger partial charge on any atom is -0.378 e. The highest BCUT2D eigenvalue weighted by Gasteiger charge is 2.22. The number of hydrogen-bond acceptors (Lipinski definition) is 3. The Balaban J connectivity index is 2.02. The predicted molar refractivity (Wildman–Crippen MR) is 79.9 cm³/mol. The maximum Gasteiger partial charge on any atom is 0.128 e. The number of rotatable bonds is 3. The first-order valence-electron chi connectivity index (χ1n) is 6.82. The van der Waals surface area contributed by atoms with E-state index in [9.17, 15) is 0 Å². The molecule has 0 atom stereocenters. The maximum absolute atomic E-state index is 4.74. The second-order valence-electron chi connectivity index (χ2n) is 5.11. The van der Waals surface area contributed by atoms with Gasteiger partial charge in [-0.3, -0.25) is 0 Å². The fraction of sp³-hybridized carbons (Fsp3) is 0.400. The molecule has 3 rings (SSSR count). The molecule has 0 saturated carbocycles. The van der Waals surface area contributed by atoms with Gasteiger partial charge in [0.25, 0.3) is 0 Å². The van der Waals surface area contributed by atoms with E-state index in [0.717, 1.165) is 25.2 Å². The van der Waals surface area contributed by atoms with Crippen molar-refractivity contribution in [1.29, 1.82) is 0 Å². The lowest BCUT2D eigenvalue weighted by Crippen LogP contribution is -2.08. The van der Waals surface area contributed by atoms with Gasteiger partial charge in [0.15, 0.2) is 0 Å². The third-order valence-corrected chi connectivity index (χ3v) is 3.67. The van der Waals surface area contributed by atoms with E-state index < -0.39 is 0 Å². The molecule has 0 radical (unpaired) electrons. The van der Waals surface area contributed by atoms with Crippen molar-refractivity contribution in [3.8, 4) is 11.3 Å². The lowest BCUT2D eigenvalue weighted by molar-refractivity contribution is 0.668. The second kappa shape index (κ2) is 4.61. The summed E-state index contributed by atoms with van der Waals surface area (Å²) in [5.41, 5.74) is 4.91. The van der Waals surface area contributed by atoms with Gasteiger partial charge in [0.2, 0.25) is 0 Å². The third-order valence-electron chi connectivity index (χ3n) is 3.67. The Kier molecular flexibility index (Phi) is 2.93. The Morgan fingerprint density at radius 2 is 2.00 bits per heavy atom. The van der Waals surface area contributed by atoms with Crippen molar-refractivity contribution in [2.45, 2.75) is 19.9 Å². The molecule has 0 bridgehead atoms. The SMILES string of the molecule is CCn1nc(-c2ccc(N(C)C)cc2)c2c1NCC2. The molecule has 1 aliphatic heterocycles. The minimum atomic E-state index is 0.908. The second-order valence-corrected chi connectivity index (χ2v) is 5.11. The summed E-state index contributed by atoms with van der Waals surface area (Å²) in [5, 5.41) is 8.17. The van der Waals surface area contributed by atoms with E-state index in [2.05, 4.69) is 60.2 Å². The standard InChI is InChI=1S/C15H20N4/c1-4-19-15-13(9-10-16-15)14(17-19)11-5-7-12(8-6-11)18(2)3/h5-8,16H,4,9-10H2,1-3H3. The molecule has 0 fully saturated rings. The smallest absolute Gasteiger partial charge is 0.128 e. The summed E-state index contributed by atoms with van der Waals surface area (Å²) in [6.07, 6.45) is 1.07. The quantitative estimate of drug-likeness (QED) is 0.916. The van der Waals surface area contributed by atoms with Gasteiger partial charge >= 0.3 is 0 Å². The van der Waals surface area contributed by atoms with Crippen LogP contribution in [0, 0.1) is 0 Å². The topological polar surface area (TPSA) is 33.1 Å². The van der Waals surface area contributed by atoms with Crippen LogP contribution in [0.25, 0.3) is 11.3 Å². The number of hydrogen-bond donors (Lipinski definition) is 1. The van der Waals surface area contributed by atoms with Crippen LogP contribution < -0.4 is 10.2 Å². The highest BCUT2D eigenvalue weighted by Crippen LogP contribution is 2.33. The highest BCUT2D eigenvalue weighted by atomic mass is 15.3. The average Bonchev–Trinajstić information content (AvgIpc) is 3.00. The van der Waals surface area contributed by atoms with Crippen molar-refractivity contribution in [2.24, 2.45) is 0 Å². The van der Waals surface area contributed by atoms with Gasteiger partial charge in [-0.05, 0) is 25.5 Å². The molecule has 2 heterocycles. The Hall–Kier alpha value is -1.97. The fourth-order valence-electron chi connectivity index (χ4n) is 2.62. The van der Waals surface area contributed by atoms with Gasteiger partial charge in [0.1, 0.15) is 5.82 Å². The molecular formula is C15H20N4. The van der Waals surface area contributed by atoms with Gasteiger partial charge in [-0.2, -0.15) is 5.10 Å². The number of aromatic nitrogens is 2. The van der Waals surface area contributed by atoms with Gasteiger partial charge in [0, 0.05) is 44.0 Å². The molecule has 4 nitrogen and oxygen atoms in total. The van der Waals surface area contributed by atoms with Crippen LogP contribution in [0.3, 0.4) is 0 Å². The lowest BCUT2D eigenvalue weighted by Gasteiger charge is -2.12. The normalized spacial score (nSPS) is 13.2. The lowest BCUT2D eigenvalue weighted by atomic mass is 10.1. The molecule has 1 N–H and O–H groups in total. The van der Waals surface area contributed by atoms with E-state index in [1.165, 1.54) is 22.6 Å². The van der Waals surface area contributed by atoms with Gasteiger partial charge in [-0.1, -0.05) is 12.1 Å². The number of anilines is 2. The summed E-state index contributed by atoms with van der Waals surface area (Å²) in [6.45, 7) is 4.06. The van der Waals surface area contributed by atoms with E-state index in [1.54, 1.807) is 0 Å². The fourth-order valence-corrected chi connectivity index (χ4v) is 2.62. The van der Waals surface area contributed by atoms with Crippen molar-refractivity contribution in [3.05, 3.63) is 29.8 Å². The average molecular weight is 256 g/mol. The zero-order valence-corrected chi connectivity index (χ0v) is 11.8. The van der Waals surface area contributed by atoms with E-state index in [1.807, 2.05) is 0 Å². The minimum absolute atomic E-state index is 0.908. The van der Waals surface area contributed by atoms with Crippen molar-refractivity contribution >= 4 is 11.5 Å². The first-order chi connectivity index (χ1) is 9.20. The number of nitrogens with zero attached hydrogens (tertiary/aromatic N) is 3. The zero-order chi connectivity index (χ0) is 13.4. The predicted octanol–water partition coefficient (Wildman–Crippen LogP) is 2.60. The summed E-state index contributed by atoms with van der Waals surface area (Å²) in [5.74, 6) is 1.20. The van der Waals surface area contributed by atoms with Crippen LogP contribution >= 0.6 is 0 Å². The number of nitrogens with one attached hydrogen (secondary N) is 1. The van der Waals surface area contributed by atoms with Crippen LogP contribution in [0.2, 0.25) is 0 Å². The molecule has 100 valence electrons. The van der Waals surface area contributed by atoms with Crippen LogP contribution in [-0.2, 0) is 13.0 Å². The Bertz CT molecular complexity index is 581. The van der Waals surface area contributed by atoms with Crippen LogP contribution in [-0.4, -0.2) is 30.4 Å². The first kappa shape index (κ1) is 12.1. The summed E-state index contributed by atoms with van der Waals surface area (Å²) in [4.78, 5) is 2.11. The molecule has 2 aromatic rings. The molecule has 0 aliphatic carbocycles. The molecule has 0 amide bonds. The largest absolute Gasteiger partial charge is 0.378 e. The summed E-state index contributed by atoms with van der Waals surface area (Å²) >= 11 is 0. The monoisotopic (exact) mass is 256 g/mol. The van der Waals surface area contributed by atoms with Crippen molar-refractivity contribution in [3.63, 3.8) is 0 Å². The summed E-state index contributed by atoms with van der Waals surface area (Å²) in [6, 6.07) is 8.62. The number of benzene rings is 1. The van der Waals surface area contributed by atoms with Crippen LogP contribution in [0.5, 0.6) is 0 Å². The van der Waals surface area contributed by atoms with E-state index in [-0.39, 0.29) is 0 Å². The van der Waals surface area contributed by atoms with E-state index >= 15 is 0 Å². The first-order valence-corrected chi connectivity index (χ1v) is 6.82. The Morgan fingerprint density at radius 3 is 2.63 bits per heavy atom. The number of aryl methyl sites for hydroxylation is 1. The van der Waals surface area contributed by atoms with Gasteiger partial charge in [0.05, 0.1) is 5.69 Å². The highest BCUT2D eigenvalue weighted by molar-refractivity contribution is 5.72. The van der Waals surface area contributed by atoms with E-state index in [0.29, 0.717) is 0 Å². The van der Waals surface area contributed by atoms with Gasteiger partial charge < -0.3 is 10.2 Å². The van der Waals surface area contributed by atoms with Crippen molar-refractivity contribution in [2.75, 3.05) is 30.9 Å². The molecular weight excluding hydrogens is 236 g/mol. The van der Waals surface area contributed by atoms with Gasteiger partial charge in [-0.15, -0.1) is 0 Å². The molecule has 1 aliphatic rings. The Labute approximate surface area is 114 Å². The number of fused-ring (bicyclic) bond motifs is 1. The van der Waals surface area contributed by atoms with Crippen LogP contribution in [0.15, 0.2) is 24.3 Å². The van der Waals surface area contributed by atoms with Crippen LogP contribution in [0.4, 0.5) is 11.5 Å². The van der Waals surface area contributed by atoms with Crippen LogP contribution in [0.1, 0.15) is 12.5 Å². The molecule has 1 aromatic heterocycles.